The number of hydrogen-bond donors (Lipinski definition) is 6. The minimum Gasteiger partial charge on any atom is -0.487 e. The highest BCUT2D eigenvalue weighted by Gasteiger charge is 2.14. The highest BCUT2D eigenvalue weighted by Crippen LogP contribution is 2.36. The van der Waals surface area contributed by atoms with Crippen LogP contribution in [0.5, 0.6) is 5.75 Å². The van der Waals surface area contributed by atoms with E-state index in [1.165, 1.54) is 0 Å². The molecule has 2 aromatic rings. The van der Waals surface area contributed by atoms with Crippen molar-refractivity contribution in [1.29, 1.82) is 0 Å². The Labute approximate surface area is 129 Å². The molecular formula is C15H22N6O. The molecule has 0 saturated heterocycles. The highest BCUT2D eigenvalue weighted by molar-refractivity contribution is 5.79. The van der Waals surface area contributed by atoms with E-state index in [1.807, 2.05) is 6.92 Å². The number of nitrogen functional groups attached to an aromatic ring is 6. The largest absolute Gasteiger partial charge is 0.487 e. The van der Waals surface area contributed by atoms with Gasteiger partial charge in [0.1, 0.15) is 12.4 Å². The molecule has 0 aliphatic rings. The number of benzene rings is 2. The smallest absolute Gasteiger partial charge is 0.145 e. The van der Waals surface area contributed by atoms with E-state index >= 15 is 0 Å². The fraction of sp³-hybridized carbons (Fsp3) is 0.200. The van der Waals surface area contributed by atoms with Crippen molar-refractivity contribution in [3.8, 4) is 5.75 Å². The summed E-state index contributed by atoms with van der Waals surface area (Å²) in [5.74, 6) is 0.457. The summed E-state index contributed by atoms with van der Waals surface area (Å²) in [4.78, 5) is 0. The molecular weight excluding hydrogens is 280 g/mol. The highest BCUT2D eigenvalue weighted by atomic mass is 16.5. The normalized spacial score (nSPS) is 10.6. The molecule has 0 bridgehead atoms. The van der Waals surface area contributed by atoms with Gasteiger partial charge in [0.25, 0.3) is 0 Å². The molecule has 0 atom stereocenters. The van der Waals surface area contributed by atoms with Crippen molar-refractivity contribution in [3.63, 3.8) is 0 Å². The molecule has 0 spiro atoms. The third kappa shape index (κ3) is 2.48. The number of hydrogen-bond acceptors (Lipinski definition) is 7. The van der Waals surface area contributed by atoms with E-state index in [9.17, 15) is 0 Å². The summed E-state index contributed by atoms with van der Waals surface area (Å²) >= 11 is 0. The second kappa shape index (κ2) is 5.44. The topological polar surface area (TPSA) is 165 Å². The zero-order valence-corrected chi connectivity index (χ0v) is 12.7. The fourth-order valence-corrected chi connectivity index (χ4v) is 2.23. The zero-order chi connectivity index (χ0) is 16.6. The van der Waals surface area contributed by atoms with Crippen molar-refractivity contribution in [2.24, 2.45) is 0 Å². The van der Waals surface area contributed by atoms with Gasteiger partial charge in [-0.05, 0) is 25.5 Å². The van der Waals surface area contributed by atoms with Crippen molar-refractivity contribution < 1.29 is 4.74 Å². The van der Waals surface area contributed by atoms with Crippen LogP contribution in [0.15, 0.2) is 12.1 Å². The lowest BCUT2D eigenvalue weighted by Gasteiger charge is -2.17. The average molecular weight is 302 g/mol. The molecule has 7 heteroatoms. The molecule has 0 radical (unpaired) electrons. The summed E-state index contributed by atoms with van der Waals surface area (Å²) in [6, 6.07) is 3.22. The van der Waals surface area contributed by atoms with Crippen LogP contribution in [0, 0.1) is 13.8 Å². The quantitative estimate of drug-likeness (QED) is 0.466. The van der Waals surface area contributed by atoms with Crippen LogP contribution >= 0.6 is 0 Å². The van der Waals surface area contributed by atoms with Crippen LogP contribution in [-0.2, 0) is 6.61 Å². The van der Waals surface area contributed by atoms with Crippen LogP contribution in [0.3, 0.4) is 0 Å². The van der Waals surface area contributed by atoms with Crippen molar-refractivity contribution >= 4 is 34.1 Å². The molecule has 2 rings (SSSR count). The van der Waals surface area contributed by atoms with Crippen molar-refractivity contribution in [2.75, 3.05) is 34.4 Å². The van der Waals surface area contributed by atoms with Gasteiger partial charge in [-0.3, -0.25) is 0 Å². The van der Waals surface area contributed by atoms with Gasteiger partial charge < -0.3 is 39.1 Å². The summed E-state index contributed by atoms with van der Waals surface area (Å²) in [5, 5.41) is 0. The van der Waals surface area contributed by atoms with E-state index in [0.717, 1.165) is 11.1 Å². The predicted octanol–water partition coefficient (Wildman–Crippen LogP) is 1.38. The first-order valence-corrected chi connectivity index (χ1v) is 6.73. The summed E-state index contributed by atoms with van der Waals surface area (Å²) < 4.78 is 5.76. The fourth-order valence-electron chi connectivity index (χ4n) is 2.23. The Morgan fingerprint density at radius 2 is 1.27 bits per heavy atom. The van der Waals surface area contributed by atoms with Gasteiger partial charge in [0, 0.05) is 22.9 Å². The van der Waals surface area contributed by atoms with Gasteiger partial charge in [-0.1, -0.05) is 0 Å². The molecule has 0 unspecified atom stereocenters. The van der Waals surface area contributed by atoms with Crippen LogP contribution in [0.4, 0.5) is 34.1 Å². The maximum absolute atomic E-state index is 6.01. The number of ether oxygens (including phenoxy) is 1. The monoisotopic (exact) mass is 302 g/mol. The van der Waals surface area contributed by atoms with Gasteiger partial charge in [-0.15, -0.1) is 0 Å². The standard InChI is InChI=1S/C15H22N6O/c1-6-8(9(16)3-10(17)13(6)19)5-22-12-4-11(18)14(20)7(2)15(12)21/h3-4H,5,16-21H2,1-2H3. The molecule has 22 heavy (non-hydrogen) atoms. The molecule has 7 nitrogen and oxygen atoms in total. The van der Waals surface area contributed by atoms with E-state index in [0.29, 0.717) is 45.4 Å². The molecule has 0 saturated carbocycles. The molecule has 12 N–H and O–H groups in total. The lowest BCUT2D eigenvalue weighted by molar-refractivity contribution is 0.308. The zero-order valence-electron chi connectivity index (χ0n) is 12.7. The Bertz CT molecular complexity index is 742. The van der Waals surface area contributed by atoms with Gasteiger partial charge in [0.05, 0.1) is 28.4 Å². The molecule has 118 valence electrons. The van der Waals surface area contributed by atoms with E-state index < -0.39 is 0 Å². The molecule has 2 aromatic carbocycles. The number of anilines is 6. The molecule has 0 fully saturated rings. The maximum atomic E-state index is 6.01. The Kier molecular flexibility index (Phi) is 3.81. The molecule has 0 aliphatic carbocycles. The summed E-state index contributed by atoms with van der Waals surface area (Å²) in [6.07, 6.45) is 0. The van der Waals surface area contributed by atoms with Crippen LogP contribution in [-0.4, -0.2) is 0 Å². The summed E-state index contributed by atoms with van der Waals surface area (Å²) in [7, 11) is 0. The average Bonchev–Trinajstić information content (AvgIpc) is 2.47. The molecule has 0 aliphatic heterocycles. The third-order valence-electron chi connectivity index (χ3n) is 3.87. The first-order chi connectivity index (χ1) is 10.2. The van der Waals surface area contributed by atoms with Crippen LogP contribution in [0.2, 0.25) is 0 Å². The molecule has 0 aromatic heterocycles. The van der Waals surface area contributed by atoms with Gasteiger partial charge >= 0.3 is 0 Å². The van der Waals surface area contributed by atoms with E-state index in [-0.39, 0.29) is 6.61 Å². The SMILES string of the molecule is Cc1c(N)c(N)cc(OCc2c(N)cc(N)c(N)c2C)c1N. The second-order valence-corrected chi connectivity index (χ2v) is 5.28. The second-order valence-electron chi connectivity index (χ2n) is 5.28. The number of nitrogens with two attached hydrogens (primary N) is 6. The summed E-state index contributed by atoms with van der Waals surface area (Å²) in [5.41, 5.74) is 40.4. The van der Waals surface area contributed by atoms with E-state index in [2.05, 4.69) is 0 Å². The van der Waals surface area contributed by atoms with E-state index in [4.69, 9.17) is 39.1 Å². The number of rotatable bonds is 3. The van der Waals surface area contributed by atoms with Gasteiger partial charge in [0.2, 0.25) is 0 Å². The van der Waals surface area contributed by atoms with Crippen molar-refractivity contribution in [2.45, 2.75) is 20.5 Å². The summed E-state index contributed by atoms with van der Waals surface area (Å²) in [6.45, 7) is 3.83. The lowest BCUT2D eigenvalue weighted by Crippen LogP contribution is -2.09. The van der Waals surface area contributed by atoms with E-state index in [1.54, 1.807) is 19.1 Å². The Hall–Kier alpha value is -2.96. The van der Waals surface area contributed by atoms with Crippen LogP contribution in [0.25, 0.3) is 0 Å². The Balaban J connectivity index is 2.34. The minimum absolute atomic E-state index is 0.204. The minimum atomic E-state index is 0.204. The predicted molar refractivity (Wildman–Crippen MR) is 93.2 cm³/mol. The Morgan fingerprint density at radius 1 is 0.727 bits per heavy atom. The van der Waals surface area contributed by atoms with Gasteiger partial charge in [0.15, 0.2) is 0 Å². The maximum Gasteiger partial charge on any atom is 0.145 e. The van der Waals surface area contributed by atoms with Gasteiger partial charge in [-0.25, -0.2) is 0 Å². The lowest BCUT2D eigenvalue weighted by atomic mass is 10.0. The van der Waals surface area contributed by atoms with Gasteiger partial charge in [-0.2, -0.15) is 0 Å². The first kappa shape index (κ1) is 15.4. The first-order valence-electron chi connectivity index (χ1n) is 6.73. The van der Waals surface area contributed by atoms with Crippen LogP contribution < -0.4 is 39.1 Å². The molecule has 0 amide bonds. The third-order valence-corrected chi connectivity index (χ3v) is 3.87. The van der Waals surface area contributed by atoms with Crippen molar-refractivity contribution in [3.05, 3.63) is 28.8 Å². The van der Waals surface area contributed by atoms with Crippen LogP contribution in [0.1, 0.15) is 16.7 Å². The molecule has 0 heterocycles. The Morgan fingerprint density at radius 3 is 1.91 bits per heavy atom. The van der Waals surface area contributed by atoms with Crippen molar-refractivity contribution in [1.82, 2.24) is 0 Å².